The summed E-state index contributed by atoms with van der Waals surface area (Å²) in [5, 5.41) is 12.8. The van der Waals surface area contributed by atoms with Gasteiger partial charge in [-0.15, -0.1) is 10.2 Å². The minimum Gasteiger partial charge on any atom is -0.497 e. The van der Waals surface area contributed by atoms with Crippen LogP contribution in [0.5, 0.6) is 5.75 Å². The molecule has 0 aliphatic rings. The van der Waals surface area contributed by atoms with Gasteiger partial charge >= 0.3 is 6.18 Å². The molecule has 4 aromatic rings. The van der Waals surface area contributed by atoms with E-state index in [9.17, 15) is 13.2 Å². The van der Waals surface area contributed by atoms with Crippen LogP contribution in [0.3, 0.4) is 0 Å². The van der Waals surface area contributed by atoms with Crippen LogP contribution in [0, 0.1) is 0 Å². The number of alkyl halides is 3. The first-order valence-electron chi connectivity index (χ1n) is 9.02. The van der Waals surface area contributed by atoms with Gasteiger partial charge in [-0.25, -0.2) is 0 Å². The van der Waals surface area contributed by atoms with Crippen LogP contribution in [0.4, 0.5) is 13.2 Å². The van der Waals surface area contributed by atoms with E-state index in [0.717, 1.165) is 17.7 Å². The number of benzene rings is 2. The van der Waals surface area contributed by atoms with Gasteiger partial charge in [0.25, 0.3) is 0 Å². The third-order valence-corrected chi connectivity index (χ3v) is 5.41. The fraction of sp³-hybridized carbons (Fsp3) is 0.200. The summed E-state index contributed by atoms with van der Waals surface area (Å²) in [6, 6.07) is 12.3. The van der Waals surface area contributed by atoms with E-state index in [1.54, 1.807) is 7.11 Å². The highest BCUT2D eigenvalue weighted by atomic mass is 32.2. The van der Waals surface area contributed by atoms with E-state index >= 15 is 0 Å². The Morgan fingerprint density at radius 1 is 1.06 bits per heavy atom. The largest absolute Gasteiger partial charge is 0.497 e. The van der Waals surface area contributed by atoms with E-state index in [0.29, 0.717) is 16.7 Å². The molecule has 0 N–H and O–H groups in total. The highest BCUT2D eigenvalue weighted by molar-refractivity contribution is 7.98. The lowest BCUT2D eigenvalue weighted by atomic mass is 10.1. The normalized spacial score (nSPS) is 11.6. The summed E-state index contributed by atoms with van der Waals surface area (Å²) >= 11 is 1.32. The second kappa shape index (κ2) is 8.42. The molecule has 2 aromatic carbocycles. The van der Waals surface area contributed by atoms with Crippen molar-refractivity contribution in [1.29, 1.82) is 0 Å². The second-order valence-corrected chi connectivity index (χ2v) is 7.42. The molecule has 0 atom stereocenters. The minimum absolute atomic E-state index is 0.0942. The highest BCUT2D eigenvalue weighted by Crippen LogP contribution is 2.32. The second-order valence-electron chi connectivity index (χ2n) is 6.48. The van der Waals surface area contributed by atoms with Crippen LogP contribution in [0.2, 0.25) is 0 Å². The SMILES string of the molecule is COc1cccc(-c2nnc(SCc3nc(-c4cccc(C(F)(F)F)c4)no3)n2C)c1. The molecular weight excluding hydrogens is 431 g/mol. The molecule has 0 radical (unpaired) electrons. The maximum Gasteiger partial charge on any atom is 0.416 e. The summed E-state index contributed by atoms with van der Waals surface area (Å²) in [4.78, 5) is 4.20. The number of hydrogen-bond donors (Lipinski definition) is 0. The Bertz CT molecular complexity index is 1210. The smallest absolute Gasteiger partial charge is 0.416 e. The fourth-order valence-electron chi connectivity index (χ4n) is 2.85. The standard InChI is InChI=1S/C20H16F3N5O2S/c1-28-18(13-6-4-8-15(10-13)29-2)25-26-19(28)31-11-16-24-17(27-30-16)12-5-3-7-14(9-12)20(21,22)23/h3-10H,11H2,1-2H3. The molecule has 0 unspecified atom stereocenters. The Morgan fingerprint density at radius 2 is 1.84 bits per heavy atom. The lowest BCUT2D eigenvalue weighted by Crippen LogP contribution is -2.04. The molecule has 0 spiro atoms. The predicted octanol–water partition coefficient (Wildman–Crippen LogP) is 4.85. The Morgan fingerprint density at radius 3 is 2.61 bits per heavy atom. The third kappa shape index (κ3) is 4.55. The van der Waals surface area contributed by atoms with Gasteiger partial charge in [-0.05, 0) is 24.3 Å². The average molecular weight is 447 g/mol. The third-order valence-electron chi connectivity index (χ3n) is 4.40. The Hall–Kier alpha value is -3.34. The molecule has 160 valence electrons. The van der Waals surface area contributed by atoms with Crippen LogP contribution >= 0.6 is 11.8 Å². The fourth-order valence-corrected chi connectivity index (χ4v) is 3.59. The highest BCUT2D eigenvalue weighted by Gasteiger charge is 2.30. The summed E-state index contributed by atoms with van der Waals surface area (Å²) in [6.07, 6.45) is -4.44. The van der Waals surface area contributed by atoms with Gasteiger partial charge in [-0.1, -0.05) is 41.2 Å². The molecular formula is C20H16F3N5O2S. The van der Waals surface area contributed by atoms with Crippen molar-refractivity contribution >= 4 is 11.8 Å². The van der Waals surface area contributed by atoms with Crippen molar-refractivity contribution in [2.75, 3.05) is 7.11 Å². The van der Waals surface area contributed by atoms with Crippen LogP contribution in [-0.4, -0.2) is 32.0 Å². The number of aromatic nitrogens is 5. The number of nitrogens with zero attached hydrogens (tertiary/aromatic N) is 5. The van der Waals surface area contributed by atoms with Crippen molar-refractivity contribution in [3.8, 4) is 28.5 Å². The zero-order valence-electron chi connectivity index (χ0n) is 16.4. The van der Waals surface area contributed by atoms with Crippen molar-refractivity contribution in [3.05, 3.63) is 60.0 Å². The monoisotopic (exact) mass is 447 g/mol. The van der Waals surface area contributed by atoms with Crippen molar-refractivity contribution < 1.29 is 22.4 Å². The van der Waals surface area contributed by atoms with Gasteiger partial charge in [0, 0.05) is 18.2 Å². The molecule has 0 aliphatic carbocycles. The molecule has 0 saturated heterocycles. The zero-order chi connectivity index (χ0) is 22.0. The first-order valence-corrected chi connectivity index (χ1v) is 10.0. The zero-order valence-corrected chi connectivity index (χ0v) is 17.2. The van der Waals surface area contributed by atoms with E-state index in [4.69, 9.17) is 9.26 Å². The molecule has 7 nitrogen and oxygen atoms in total. The summed E-state index contributed by atoms with van der Waals surface area (Å²) in [5.74, 6) is 2.02. The molecule has 0 saturated carbocycles. The molecule has 2 aromatic heterocycles. The Kier molecular flexibility index (Phi) is 5.68. The molecule has 0 aliphatic heterocycles. The topological polar surface area (TPSA) is 78.9 Å². The van der Waals surface area contributed by atoms with Crippen molar-refractivity contribution in [2.45, 2.75) is 17.1 Å². The number of ether oxygens (including phenoxy) is 1. The van der Waals surface area contributed by atoms with Gasteiger partial charge in [-0.2, -0.15) is 18.2 Å². The maximum atomic E-state index is 12.9. The predicted molar refractivity (Wildman–Crippen MR) is 107 cm³/mol. The van der Waals surface area contributed by atoms with Gasteiger partial charge in [0.2, 0.25) is 11.7 Å². The van der Waals surface area contributed by atoms with Crippen molar-refractivity contribution in [3.63, 3.8) is 0 Å². The molecule has 11 heteroatoms. The quantitative estimate of drug-likeness (QED) is 0.391. The van der Waals surface area contributed by atoms with Gasteiger partial charge in [0.05, 0.1) is 18.4 Å². The summed E-state index contributed by atoms with van der Waals surface area (Å²) in [6.45, 7) is 0. The molecule has 31 heavy (non-hydrogen) atoms. The molecule has 2 heterocycles. The number of hydrogen-bond acceptors (Lipinski definition) is 7. The molecule has 0 amide bonds. The van der Waals surface area contributed by atoms with Crippen LogP contribution in [-0.2, 0) is 19.0 Å². The minimum atomic E-state index is -4.44. The first-order chi connectivity index (χ1) is 14.8. The van der Waals surface area contributed by atoms with Gasteiger partial charge in [0.15, 0.2) is 11.0 Å². The number of thioether (sulfide) groups is 1. The lowest BCUT2D eigenvalue weighted by molar-refractivity contribution is -0.137. The number of halogens is 3. The van der Waals surface area contributed by atoms with Crippen LogP contribution in [0.1, 0.15) is 11.5 Å². The average Bonchev–Trinajstić information content (AvgIpc) is 3.38. The summed E-state index contributed by atoms with van der Waals surface area (Å²) in [7, 11) is 3.42. The lowest BCUT2D eigenvalue weighted by Gasteiger charge is -2.06. The maximum absolute atomic E-state index is 12.9. The first kappa shape index (κ1) is 20.9. The molecule has 0 fully saturated rings. The van der Waals surface area contributed by atoms with E-state index in [2.05, 4.69) is 20.3 Å². The van der Waals surface area contributed by atoms with Crippen molar-refractivity contribution in [1.82, 2.24) is 24.9 Å². The van der Waals surface area contributed by atoms with Crippen LogP contribution in [0.15, 0.2) is 58.2 Å². The van der Waals surface area contributed by atoms with Crippen molar-refractivity contribution in [2.24, 2.45) is 7.05 Å². The summed E-state index contributed by atoms with van der Waals surface area (Å²) < 4.78 is 51.0. The number of rotatable bonds is 6. The van der Waals surface area contributed by atoms with E-state index < -0.39 is 11.7 Å². The van der Waals surface area contributed by atoms with Gasteiger partial charge < -0.3 is 13.8 Å². The molecule has 4 rings (SSSR count). The van der Waals surface area contributed by atoms with Crippen LogP contribution in [0.25, 0.3) is 22.8 Å². The van der Waals surface area contributed by atoms with E-state index in [1.807, 2.05) is 35.9 Å². The van der Waals surface area contributed by atoms with E-state index in [1.165, 1.54) is 23.9 Å². The Labute approximate surface area is 179 Å². The van der Waals surface area contributed by atoms with Gasteiger partial charge in [-0.3, -0.25) is 0 Å². The van der Waals surface area contributed by atoms with Crippen LogP contribution < -0.4 is 4.74 Å². The summed E-state index contributed by atoms with van der Waals surface area (Å²) in [5.41, 5.74) is 0.314. The Balaban J connectivity index is 1.48. The molecule has 0 bridgehead atoms. The van der Waals surface area contributed by atoms with Gasteiger partial charge in [0.1, 0.15) is 5.75 Å². The van der Waals surface area contributed by atoms with E-state index in [-0.39, 0.29) is 23.0 Å². The number of methoxy groups -OCH3 is 1.